The fourth-order valence-electron chi connectivity index (χ4n) is 1.57. The summed E-state index contributed by atoms with van der Waals surface area (Å²) in [6, 6.07) is 0. The van der Waals surface area contributed by atoms with Gasteiger partial charge in [0.05, 0.1) is 13.2 Å². The Kier molecular flexibility index (Phi) is 10.9. The predicted molar refractivity (Wildman–Crippen MR) is 72.1 cm³/mol. The highest BCUT2D eigenvalue weighted by Crippen LogP contribution is 2.21. The number of hydrogen-bond donors (Lipinski definition) is 4. The molecule has 5 atom stereocenters. The lowest BCUT2D eigenvalue weighted by atomic mass is 9.99. The fourth-order valence-corrected chi connectivity index (χ4v) is 1.57. The molecule has 1 rings (SSSR count). The molecule has 0 bridgehead atoms. The Morgan fingerprint density at radius 3 is 2.10 bits per heavy atom. The van der Waals surface area contributed by atoms with Crippen LogP contribution in [0.5, 0.6) is 0 Å². The van der Waals surface area contributed by atoms with E-state index in [9.17, 15) is 15.3 Å². The molecule has 1 heterocycles. The Hall–Kier alpha value is -0.540. The van der Waals surface area contributed by atoms with Crippen LogP contribution in [-0.2, 0) is 14.2 Å². The van der Waals surface area contributed by atoms with E-state index in [4.69, 9.17) is 19.3 Å². The van der Waals surface area contributed by atoms with Gasteiger partial charge in [0.25, 0.3) is 0 Å². The van der Waals surface area contributed by atoms with Crippen molar-refractivity contribution >= 4 is 0 Å². The van der Waals surface area contributed by atoms with Gasteiger partial charge in [0.15, 0.2) is 6.29 Å². The molecule has 7 heteroatoms. The van der Waals surface area contributed by atoms with Gasteiger partial charge in [-0.25, -0.2) is 0 Å². The van der Waals surface area contributed by atoms with Crippen LogP contribution in [0.15, 0.2) is 12.7 Å². The van der Waals surface area contributed by atoms with Crippen molar-refractivity contribution in [1.29, 1.82) is 0 Å². The lowest BCUT2D eigenvalue weighted by Crippen LogP contribution is -2.59. The second kappa shape index (κ2) is 11.2. The van der Waals surface area contributed by atoms with Crippen LogP contribution in [0.4, 0.5) is 0 Å². The molecule has 0 spiro atoms. The van der Waals surface area contributed by atoms with E-state index in [-0.39, 0.29) is 6.61 Å². The third kappa shape index (κ3) is 6.27. The summed E-state index contributed by atoms with van der Waals surface area (Å²) in [5.74, 6) is 0. The van der Waals surface area contributed by atoms with E-state index < -0.39 is 37.3 Å². The summed E-state index contributed by atoms with van der Waals surface area (Å²) in [5, 5.41) is 37.1. The predicted octanol–water partition coefficient (Wildman–Crippen LogP) is -0.968. The molecule has 1 aliphatic heterocycles. The zero-order valence-electron chi connectivity index (χ0n) is 12.0. The average Bonchev–Trinajstić information content (AvgIpc) is 2.46. The van der Waals surface area contributed by atoms with Gasteiger partial charge >= 0.3 is 0 Å². The largest absolute Gasteiger partial charge is 0.394 e. The molecule has 0 aromatic rings. The van der Waals surface area contributed by atoms with E-state index >= 15 is 0 Å². The highest BCUT2D eigenvalue weighted by molar-refractivity contribution is 4.89. The first kappa shape index (κ1) is 19.5. The number of rotatable bonds is 6. The normalized spacial score (nSPS) is 33.2. The topological polar surface area (TPSA) is 109 Å². The summed E-state index contributed by atoms with van der Waals surface area (Å²) < 4.78 is 14.9. The molecule has 0 amide bonds. The molecule has 1 unspecified atom stereocenters. The molecule has 20 heavy (non-hydrogen) atoms. The van der Waals surface area contributed by atoms with Gasteiger partial charge in [-0.2, -0.15) is 0 Å². The van der Waals surface area contributed by atoms with Crippen LogP contribution in [0, 0.1) is 0 Å². The summed E-state index contributed by atoms with van der Waals surface area (Å²) >= 11 is 0. The van der Waals surface area contributed by atoms with Crippen molar-refractivity contribution < 1.29 is 34.6 Å². The third-order valence-corrected chi connectivity index (χ3v) is 2.64. The minimum atomic E-state index is -1.40. The van der Waals surface area contributed by atoms with Crippen LogP contribution >= 0.6 is 0 Å². The Bertz CT molecular complexity index is 245. The zero-order chi connectivity index (χ0) is 15.5. The van der Waals surface area contributed by atoms with Gasteiger partial charge in [-0.3, -0.25) is 0 Å². The minimum absolute atomic E-state index is 0.142. The van der Waals surface area contributed by atoms with Crippen molar-refractivity contribution in [3.8, 4) is 0 Å². The van der Waals surface area contributed by atoms with Gasteiger partial charge in [0, 0.05) is 13.2 Å². The van der Waals surface area contributed by atoms with Crippen LogP contribution in [0.25, 0.3) is 0 Å². The van der Waals surface area contributed by atoms with Crippen molar-refractivity contribution in [3.05, 3.63) is 12.7 Å². The monoisotopic (exact) mass is 294 g/mol. The SMILES string of the molecule is C=CCOC1O[C@H](CO)[C@@H](O)[C@H](O)[C@H]1O.CCOCC. The van der Waals surface area contributed by atoms with E-state index in [1.807, 2.05) is 13.8 Å². The van der Waals surface area contributed by atoms with Crippen molar-refractivity contribution in [1.82, 2.24) is 0 Å². The summed E-state index contributed by atoms with van der Waals surface area (Å²) in [5.41, 5.74) is 0. The maximum Gasteiger partial charge on any atom is 0.187 e. The molecule has 7 nitrogen and oxygen atoms in total. The van der Waals surface area contributed by atoms with Gasteiger partial charge in [0.1, 0.15) is 24.4 Å². The van der Waals surface area contributed by atoms with Crippen LogP contribution in [0.2, 0.25) is 0 Å². The molecule has 0 aromatic carbocycles. The van der Waals surface area contributed by atoms with Crippen LogP contribution in [0.3, 0.4) is 0 Å². The lowest BCUT2D eigenvalue weighted by Gasteiger charge is -2.39. The average molecular weight is 294 g/mol. The van der Waals surface area contributed by atoms with Crippen molar-refractivity contribution in [3.63, 3.8) is 0 Å². The molecule has 0 aromatic heterocycles. The van der Waals surface area contributed by atoms with Crippen LogP contribution in [0.1, 0.15) is 13.8 Å². The Morgan fingerprint density at radius 1 is 1.10 bits per heavy atom. The quantitative estimate of drug-likeness (QED) is 0.467. The molecule has 0 radical (unpaired) electrons. The third-order valence-electron chi connectivity index (χ3n) is 2.64. The molecule has 1 aliphatic rings. The lowest BCUT2D eigenvalue weighted by molar-refractivity contribution is -0.298. The van der Waals surface area contributed by atoms with Crippen molar-refractivity contribution in [2.24, 2.45) is 0 Å². The van der Waals surface area contributed by atoms with Crippen molar-refractivity contribution in [2.45, 2.75) is 44.6 Å². The summed E-state index contributed by atoms with van der Waals surface area (Å²) in [6.07, 6.45) is -4.64. The molecule has 0 saturated carbocycles. The van der Waals surface area contributed by atoms with E-state index in [0.29, 0.717) is 0 Å². The summed E-state index contributed by atoms with van der Waals surface area (Å²) in [7, 11) is 0. The van der Waals surface area contributed by atoms with Crippen LogP contribution in [-0.4, -0.2) is 77.6 Å². The van der Waals surface area contributed by atoms with E-state index in [2.05, 4.69) is 6.58 Å². The highest BCUT2D eigenvalue weighted by atomic mass is 16.7. The van der Waals surface area contributed by atoms with E-state index in [1.54, 1.807) is 0 Å². The van der Waals surface area contributed by atoms with Gasteiger partial charge < -0.3 is 34.6 Å². The number of ether oxygens (including phenoxy) is 3. The molecule has 1 saturated heterocycles. The molecular weight excluding hydrogens is 268 g/mol. The second-order valence-corrected chi connectivity index (χ2v) is 4.10. The molecule has 120 valence electrons. The first-order chi connectivity index (χ1) is 9.53. The van der Waals surface area contributed by atoms with Crippen molar-refractivity contribution in [2.75, 3.05) is 26.4 Å². The second-order valence-electron chi connectivity index (χ2n) is 4.10. The maximum absolute atomic E-state index is 9.47. The zero-order valence-corrected chi connectivity index (χ0v) is 12.0. The molecule has 4 N–H and O–H groups in total. The summed E-state index contributed by atoms with van der Waals surface area (Å²) in [4.78, 5) is 0. The summed E-state index contributed by atoms with van der Waals surface area (Å²) in [6.45, 7) is 8.77. The number of aliphatic hydroxyl groups excluding tert-OH is 4. The number of hydrogen-bond acceptors (Lipinski definition) is 7. The van der Waals surface area contributed by atoms with Gasteiger partial charge in [0.2, 0.25) is 0 Å². The standard InChI is InChI=1S/C9H16O6.C4H10O/c1-2-3-14-9-8(13)7(12)6(11)5(4-10)15-9;1-3-5-4-2/h2,5-13H,1,3-4H2;3-4H2,1-2H3/t5-,6-,7+,8-,9?;/m1./s1. The smallest absolute Gasteiger partial charge is 0.187 e. The van der Waals surface area contributed by atoms with E-state index in [1.165, 1.54) is 6.08 Å². The first-order valence-electron chi connectivity index (χ1n) is 6.64. The van der Waals surface area contributed by atoms with Crippen LogP contribution < -0.4 is 0 Å². The van der Waals surface area contributed by atoms with Gasteiger partial charge in [-0.15, -0.1) is 6.58 Å². The van der Waals surface area contributed by atoms with E-state index in [0.717, 1.165) is 13.2 Å². The molecule has 0 aliphatic carbocycles. The van der Waals surface area contributed by atoms with Gasteiger partial charge in [-0.1, -0.05) is 6.08 Å². The van der Waals surface area contributed by atoms with Gasteiger partial charge in [-0.05, 0) is 13.8 Å². The molecular formula is C13H26O7. The Labute approximate surface area is 119 Å². The maximum atomic E-state index is 9.47. The highest BCUT2D eigenvalue weighted by Gasteiger charge is 2.43. The minimum Gasteiger partial charge on any atom is -0.394 e. The fraction of sp³-hybridized carbons (Fsp3) is 0.846. The molecule has 1 fully saturated rings. The Balaban J connectivity index is 0.000000621. The number of aliphatic hydroxyl groups is 4. The first-order valence-corrected chi connectivity index (χ1v) is 6.64. The Morgan fingerprint density at radius 2 is 1.70 bits per heavy atom.